The van der Waals surface area contributed by atoms with E-state index < -0.39 is 0 Å². The third kappa shape index (κ3) is 5.69. The normalized spacial score (nSPS) is 22.4. The van der Waals surface area contributed by atoms with Crippen LogP contribution < -0.4 is 15.4 Å². The van der Waals surface area contributed by atoms with Gasteiger partial charge in [0.25, 0.3) is 0 Å². The first-order chi connectivity index (χ1) is 20.5. The number of rotatable bonds is 6. The van der Waals surface area contributed by atoms with Crippen molar-refractivity contribution in [2.75, 3.05) is 18.9 Å². The van der Waals surface area contributed by atoms with Gasteiger partial charge in [-0.1, -0.05) is 45.0 Å². The molecular formula is C33H41N7O3. The first-order valence-corrected chi connectivity index (χ1v) is 15.1. The highest BCUT2D eigenvalue weighted by atomic mass is 16.5. The number of nitrogens with zero attached hydrogens (tertiary/aromatic N) is 5. The van der Waals surface area contributed by atoms with Gasteiger partial charge < -0.3 is 20.5 Å². The van der Waals surface area contributed by atoms with Crippen molar-refractivity contribution in [2.45, 2.75) is 83.1 Å². The fraction of sp³-hybridized carbons (Fsp3) is 0.455. The van der Waals surface area contributed by atoms with Crippen LogP contribution in [0.3, 0.4) is 0 Å². The number of benzene rings is 1. The molecule has 3 N–H and O–H groups in total. The molecule has 2 amide bonds. The van der Waals surface area contributed by atoms with Crippen molar-refractivity contribution < 1.29 is 14.6 Å². The van der Waals surface area contributed by atoms with Crippen LogP contribution in [0.5, 0.6) is 5.75 Å². The van der Waals surface area contributed by atoms with Crippen LogP contribution >= 0.6 is 0 Å². The Labute approximate surface area is 252 Å². The molecule has 3 atom stereocenters. The first kappa shape index (κ1) is 29.1. The Balaban J connectivity index is 1.19. The predicted molar refractivity (Wildman–Crippen MR) is 165 cm³/mol. The smallest absolute Gasteiger partial charge is 0.319 e. The molecule has 43 heavy (non-hydrogen) atoms. The van der Waals surface area contributed by atoms with Crippen LogP contribution in [0.25, 0.3) is 5.65 Å². The Morgan fingerprint density at radius 2 is 1.91 bits per heavy atom. The molecule has 0 bridgehead atoms. The lowest BCUT2D eigenvalue weighted by Gasteiger charge is -2.32. The number of urea groups is 1. The van der Waals surface area contributed by atoms with Gasteiger partial charge in [0.05, 0.1) is 30.1 Å². The first-order valence-electron chi connectivity index (χ1n) is 15.1. The average molecular weight is 584 g/mol. The summed E-state index contributed by atoms with van der Waals surface area (Å²) in [5, 5.41) is 24.8. The minimum absolute atomic E-state index is 0.152. The zero-order valence-corrected chi connectivity index (χ0v) is 25.6. The van der Waals surface area contributed by atoms with Crippen LogP contribution in [0, 0.1) is 0 Å². The van der Waals surface area contributed by atoms with Crippen molar-refractivity contribution in [3.05, 3.63) is 83.1 Å². The Kier molecular flexibility index (Phi) is 7.60. The van der Waals surface area contributed by atoms with E-state index in [0.717, 1.165) is 66.3 Å². The summed E-state index contributed by atoms with van der Waals surface area (Å²) in [5.74, 6) is 1.69. The minimum atomic E-state index is -0.301. The molecule has 1 fully saturated rings. The summed E-state index contributed by atoms with van der Waals surface area (Å²) >= 11 is 0. The highest BCUT2D eigenvalue weighted by Gasteiger charge is 2.40. The molecule has 0 spiro atoms. The molecule has 1 aliphatic carbocycles. The number of hydrogen-bond acceptors (Lipinski definition) is 7. The van der Waals surface area contributed by atoms with E-state index in [4.69, 9.17) is 4.74 Å². The van der Waals surface area contributed by atoms with Gasteiger partial charge >= 0.3 is 6.03 Å². The minimum Gasteiger partial charge on any atom is -0.484 e. The zero-order chi connectivity index (χ0) is 30.4. The number of anilines is 1. The number of fused-ring (bicyclic) bond motifs is 2. The standard InChI is InChI=1S/C33H41N7O3/c1-32(2,3)28-18-21(17-22(20-41)34-28)35-31(42)36-26-12-13-27(25-10-7-6-9-24(25)26)43-23-11-14-29-37-38-30(40(29)19-23)33(4)15-8-16-39(33)5/h6-7,9-11,14,17-19,26-27,41H,8,12-13,15-16,20H2,1-5H3,(H2,34,35,36,42)/t26-,27+,33-/m0/s1. The molecule has 3 aromatic heterocycles. The van der Waals surface area contributed by atoms with E-state index in [-0.39, 0.29) is 35.7 Å². The van der Waals surface area contributed by atoms with Gasteiger partial charge in [-0.05, 0) is 81.6 Å². The Hall–Kier alpha value is -4.02. The molecule has 4 aromatic rings. The third-order valence-corrected chi connectivity index (χ3v) is 8.94. The highest BCUT2D eigenvalue weighted by Crippen LogP contribution is 2.40. The van der Waals surface area contributed by atoms with E-state index in [1.807, 2.05) is 36.5 Å². The van der Waals surface area contributed by atoms with Gasteiger partial charge in [0.15, 0.2) is 11.5 Å². The topological polar surface area (TPSA) is 117 Å². The van der Waals surface area contributed by atoms with Gasteiger partial charge in [-0.15, -0.1) is 10.2 Å². The van der Waals surface area contributed by atoms with Crippen LogP contribution in [-0.4, -0.2) is 49.2 Å². The maximum atomic E-state index is 13.2. The predicted octanol–water partition coefficient (Wildman–Crippen LogP) is 5.63. The SMILES string of the molecule is CN1CCC[C@@]1(C)c1nnc2ccc(O[C@@H]3CC[C@H](NC(=O)Nc4cc(CO)nc(C(C)(C)C)c4)c4ccccc43)cn12. The molecule has 2 aliphatic rings. The van der Waals surface area contributed by atoms with Gasteiger partial charge in [-0.2, -0.15) is 0 Å². The molecular weight excluding hydrogens is 542 g/mol. The molecule has 6 rings (SSSR count). The maximum absolute atomic E-state index is 13.2. The number of carbonyl (C=O) groups is 1. The lowest BCUT2D eigenvalue weighted by atomic mass is 9.85. The summed E-state index contributed by atoms with van der Waals surface area (Å²) in [4.78, 5) is 20.0. The molecule has 1 aliphatic heterocycles. The number of carbonyl (C=O) groups excluding carboxylic acids is 1. The van der Waals surface area contributed by atoms with Crippen molar-refractivity contribution in [3.63, 3.8) is 0 Å². The number of amides is 2. The number of likely N-dealkylation sites (tertiary alicyclic amines) is 1. The van der Waals surface area contributed by atoms with E-state index in [1.165, 1.54) is 0 Å². The van der Waals surface area contributed by atoms with Crippen LogP contribution in [0.15, 0.2) is 54.7 Å². The fourth-order valence-electron chi connectivity index (χ4n) is 6.33. The molecule has 10 nitrogen and oxygen atoms in total. The molecule has 0 radical (unpaired) electrons. The largest absolute Gasteiger partial charge is 0.484 e. The summed E-state index contributed by atoms with van der Waals surface area (Å²) in [6.45, 7) is 9.23. The molecule has 4 heterocycles. The van der Waals surface area contributed by atoms with Crippen LogP contribution in [0.2, 0.25) is 0 Å². The maximum Gasteiger partial charge on any atom is 0.319 e. The number of nitrogens with one attached hydrogen (secondary N) is 2. The number of hydrogen-bond donors (Lipinski definition) is 3. The monoisotopic (exact) mass is 583 g/mol. The van der Waals surface area contributed by atoms with Crippen molar-refractivity contribution in [1.29, 1.82) is 0 Å². The molecule has 10 heteroatoms. The Bertz CT molecular complexity index is 1650. The summed E-state index contributed by atoms with van der Waals surface area (Å²) in [6.07, 6.45) is 5.49. The van der Waals surface area contributed by atoms with Gasteiger partial charge in [0.2, 0.25) is 0 Å². The van der Waals surface area contributed by atoms with Crippen molar-refractivity contribution in [3.8, 4) is 5.75 Å². The van der Waals surface area contributed by atoms with Gasteiger partial charge in [0.1, 0.15) is 11.9 Å². The number of aromatic nitrogens is 4. The van der Waals surface area contributed by atoms with Gasteiger partial charge in [-0.25, -0.2) is 4.79 Å². The van der Waals surface area contributed by atoms with E-state index in [9.17, 15) is 9.90 Å². The average Bonchev–Trinajstić information content (AvgIpc) is 3.56. The van der Waals surface area contributed by atoms with Crippen molar-refractivity contribution in [2.24, 2.45) is 0 Å². The Morgan fingerprint density at radius 1 is 1.12 bits per heavy atom. The number of aliphatic hydroxyl groups excluding tert-OH is 1. The quantitative estimate of drug-likeness (QED) is 0.269. The molecule has 1 saturated heterocycles. The number of pyridine rings is 2. The summed E-state index contributed by atoms with van der Waals surface area (Å²) in [6, 6.07) is 15.2. The lowest BCUT2D eigenvalue weighted by Crippen LogP contribution is -2.37. The second kappa shape index (κ2) is 11.2. The van der Waals surface area contributed by atoms with Crippen LogP contribution in [0.1, 0.15) is 93.9 Å². The Morgan fingerprint density at radius 3 is 2.63 bits per heavy atom. The van der Waals surface area contributed by atoms with Crippen LogP contribution in [-0.2, 0) is 17.6 Å². The third-order valence-electron chi connectivity index (χ3n) is 8.94. The zero-order valence-electron chi connectivity index (χ0n) is 25.6. The molecule has 0 saturated carbocycles. The summed E-state index contributed by atoms with van der Waals surface area (Å²) < 4.78 is 8.67. The molecule has 226 valence electrons. The van der Waals surface area contributed by atoms with E-state index in [1.54, 1.807) is 6.07 Å². The number of aliphatic hydroxyl groups is 1. The van der Waals surface area contributed by atoms with E-state index >= 15 is 0 Å². The lowest BCUT2D eigenvalue weighted by molar-refractivity contribution is 0.170. The second-order valence-corrected chi connectivity index (χ2v) is 13.0. The van der Waals surface area contributed by atoms with Crippen LogP contribution in [0.4, 0.5) is 10.5 Å². The van der Waals surface area contributed by atoms with Crippen molar-refractivity contribution in [1.82, 2.24) is 29.8 Å². The fourth-order valence-corrected chi connectivity index (χ4v) is 6.33. The summed E-state index contributed by atoms with van der Waals surface area (Å²) in [7, 11) is 2.14. The molecule has 0 unspecified atom stereocenters. The molecule has 1 aromatic carbocycles. The number of ether oxygens (including phenoxy) is 1. The second-order valence-electron chi connectivity index (χ2n) is 13.0. The highest BCUT2D eigenvalue weighted by molar-refractivity contribution is 5.89. The summed E-state index contributed by atoms with van der Waals surface area (Å²) in [5.41, 5.74) is 4.45. The van der Waals surface area contributed by atoms with Gasteiger partial charge in [0, 0.05) is 16.8 Å². The van der Waals surface area contributed by atoms with E-state index in [0.29, 0.717) is 11.4 Å². The van der Waals surface area contributed by atoms with Gasteiger partial charge in [-0.3, -0.25) is 14.3 Å². The van der Waals surface area contributed by atoms with Crippen molar-refractivity contribution >= 4 is 17.4 Å². The van der Waals surface area contributed by atoms with E-state index in [2.05, 4.69) is 82.0 Å².